The fraction of sp³-hybridized carbons (Fsp3) is 0.417. The van der Waals surface area contributed by atoms with Crippen LogP contribution in [0.2, 0.25) is 0 Å². The number of nitrogens with one attached hydrogen (secondary N) is 1. The fourth-order valence-electron chi connectivity index (χ4n) is 1.56. The van der Waals surface area contributed by atoms with E-state index < -0.39 is 11.9 Å². The van der Waals surface area contributed by atoms with Gasteiger partial charge in [0.1, 0.15) is 5.82 Å². The van der Waals surface area contributed by atoms with Crippen LogP contribution in [0.1, 0.15) is 31.4 Å². The highest BCUT2D eigenvalue weighted by atomic mass is 19.1. The van der Waals surface area contributed by atoms with E-state index in [9.17, 15) is 14.3 Å². The highest BCUT2D eigenvalue weighted by Gasteiger charge is 2.13. The molecule has 0 saturated heterocycles. The van der Waals surface area contributed by atoms with Crippen molar-refractivity contribution in [1.82, 2.24) is 0 Å². The molecule has 1 unspecified atom stereocenters. The van der Waals surface area contributed by atoms with Crippen molar-refractivity contribution in [2.24, 2.45) is 0 Å². The first kappa shape index (κ1) is 13.6. The molecule has 1 amide bonds. The Balaban J connectivity index is 2.92. The zero-order chi connectivity index (χ0) is 12.8. The number of aliphatic hydroxyl groups excluding tert-OH is 2. The Hall–Kier alpha value is -1.46. The van der Waals surface area contributed by atoms with Crippen LogP contribution in [0.25, 0.3) is 0 Å². The molecule has 0 fully saturated rings. The summed E-state index contributed by atoms with van der Waals surface area (Å²) >= 11 is 0. The summed E-state index contributed by atoms with van der Waals surface area (Å²) in [6.45, 7) is 1.29. The number of anilines is 1. The van der Waals surface area contributed by atoms with Crippen LogP contribution in [0.5, 0.6) is 0 Å². The van der Waals surface area contributed by atoms with Crippen molar-refractivity contribution in [2.75, 3.05) is 11.9 Å². The van der Waals surface area contributed by atoms with E-state index >= 15 is 0 Å². The molecular formula is C12H16FNO3. The molecule has 0 heterocycles. The molecule has 1 aromatic carbocycles. The monoisotopic (exact) mass is 241 g/mol. The quantitative estimate of drug-likeness (QED) is 0.733. The van der Waals surface area contributed by atoms with Gasteiger partial charge < -0.3 is 15.5 Å². The Kier molecular flexibility index (Phi) is 5.06. The lowest BCUT2D eigenvalue weighted by atomic mass is 10.0. The third-order valence-corrected chi connectivity index (χ3v) is 2.32. The van der Waals surface area contributed by atoms with Crippen LogP contribution < -0.4 is 5.32 Å². The van der Waals surface area contributed by atoms with Crippen LogP contribution in [0, 0.1) is 5.82 Å². The van der Waals surface area contributed by atoms with Crippen molar-refractivity contribution >= 4 is 11.6 Å². The number of amides is 1. The lowest BCUT2D eigenvalue weighted by Crippen LogP contribution is -2.11. The predicted molar refractivity (Wildman–Crippen MR) is 62.0 cm³/mol. The van der Waals surface area contributed by atoms with Gasteiger partial charge in [-0.2, -0.15) is 0 Å². The SMILES string of the molecule is CC(=O)Nc1cc(F)ccc1C(O)CCCO. The molecule has 0 radical (unpaired) electrons. The zero-order valence-electron chi connectivity index (χ0n) is 9.61. The minimum Gasteiger partial charge on any atom is -0.396 e. The number of halogens is 1. The molecule has 1 aromatic rings. The van der Waals surface area contributed by atoms with Crippen LogP contribution in [0.3, 0.4) is 0 Å². The first-order valence-electron chi connectivity index (χ1n) is 5.40. The molecule has 4 nitrogen and oxygen atoms in total. The largest absolute Gasteiger partial charge is 0.396 e. The second kappa shape index (κ2) is 6.32. The van der Waals surface area contributed by atoms with Gasteiger partial charge in [-0.15, -0.1) is 0 Å². The molecule has 0 aliphatic heterocycles. The maximum absolute atomic E-state index is 13.0. The Bertz CT molecular complexity index is 395. The van der Waals surface area contributed by atoms with Gasteiger partial charge in [0.05, 0.1) is 6.10 Å². The van der Waals surface area contributed by atoms with E-state index in [0.29, 0.717) is 18.4 Å². The summed E-state index contributed by atoms with van der Waals surface area (Å²) < 4.78 is 13.0. The molecule has 17 heavy (non-hydrogen) atoms. The third kappa shape index (κ3) is 4.13. The number of rotatable bonds is 5. The Morgan fingerprint density at radius 2 is 2.24 bits per heavy atom. The number of aliphatic hydroxyl groups is 2. The summed E-state index contributed by atoms with van der Waals surface area (Å²) in [6, 6.07) is 3.82. The Morgan fingerprint density at radius 3 is 2.82 bits per heavy atom. The summed E-state index contributed by atoms with van der Waals surface area (Å²) in [5.74, 6) is -0.807. The Labute approximate surface area is 99.1 Å². The van der Waals surface area contributed by atoms with Crippen LogP contribution in [-0.2, 0) is 4.79 Å². The lowest BCUT2D eigenvalue weighted by Gasteiger charge is -2.15. The molecule has 0 aliphatic carbocycles. The van der Waals surface area contributed by atoms with Gasteiger partial charge in [0.15, 0.2) is 0 Å². The molecule has 0 spiro atoms. The van der Waals surface area contributed by atoms with Gasteiger partial charge in [0.2, 0.25) is 5.91 Å². The van der Waals surface area contributed by atoms with Crippen LogP contribution >= 0.6 is 0 Å². The van der Waals surface area contributed by atoms with Crippen LogP contribution in [-0.4, -0.2) is 22.7 Å². The smallest absolute Gasteiger partial charge is 0.221 e. The maximum Gasteiger partial charge on any atom is 0.221 e. The third-order valence-electron chi connectivity index (χ3n) is 2.32. The van der Waals surface area contributed by atoms with Crippen molar-refractivity contribution in [2.45, 2.75) is 25.9 Å². The number of hydrogen-bond donors (Lipinski definition) is 3. The summed E-state index contributed by atoms with van der Waals surface area (Å²) in [5, 5.41) is 21.0. The van der Waals surface area contributed by atoms with Crippen molar-refractivity contribution in [3.8, 4) is 0 Å². The molecule has 5 heteroatoms. The number of hydrogen-bond acceptors (Lipinski definition) is 3. The number of benzene rings is 1. The van der Waals surface area contributed by atoms with Crippen molar-refractivity contribution < 1.29 is 19.4 Å². The highest BCUT2D eigenvalue weighted by Crippen LogP contribution is 2.27. The minimum absolute atomic E-state index is 0.0201. The molecule has 0 aliphatic rings. The summed E-state index contributed by atoms with van der Waals surface area (Å²) in [4.78, 5) is 11.0. The minimum atomic E-state index is -0.829. The maximum atomic E-state index is 13.0. The van der Waals surface area contributed by atoms with Crippen molar-refractivity contribution in [1.29, 1.82) is 0 Å². The molecule has 1 rings (SSSR count). The van der Waals surface area contributed by atoms with E-state index in [1.807, 2.05) is 0 Å². The van der Waals surface area contributed by atoms with E-state index in [2.05, 4.69) is 5.32 Å². The van der Waals surface area contributed by atoms with Crippen molar-refractivity contribution in [3.63, 3.8) is 0 Å². The lowest BCUT2D eigenvalue weighted by molar-refractivity contribution is -0.114. The summed E-state index contributed by atoms with van der Waals surface area (Å²) in [6.07, 6.45) is -0.0307. The van der Waals surface area contributed by atoms with Crippen molar-refractivity contribution in [3.05, 3.63) is 29.6 Å². The molecule has 0 aromatic heterocycles. The fourth-order valence-corrected chi connectivity index (χ4v) is 1.56. The van der Waals surface area contributed by atoms with E-state index in [1.165, 1.54) is 25.1 Å². The van der Waals surface area contributed by atoms with Gasteiger partial charge in [0, 0.05) is 24.8 Å². The summed E-state index contributed by atoms with van der Waals surface area (Å²) in [7, 11) is 0. The average molecular weight is 241 g/mol. The second-order valence-electron chi connectivity index (χ2n) is 3.79. The molecule has 3 N–H and O–H groups in total. The molecule has 0 saturated carbocycles. The molecule has 1 atom stereocenters. The van der Waals surface area contributed by atoms with Gasteiger partial charge in [-0.3, -0.25) is 4.79 Å². The average Bonchev–Trinajstić information content (AvgIpc) is 2.25. The molecule has 0 bridgehead atoms. The normalized spacial score (nSPS) is 12.2. The van der Waals surface area contributed by atoms with E-state index in [1.54, 1.807) is 0 Å². The standard InChI is InChI=1S/C12H16FNO3/c1-8(16)14-11-7-9(13)4-5-10(11)12(17)3-2-6-15/h4-5,7,12,15,17H,2-3,6H2,1H3,(H,14,16). The number of carbonyl (C=O) groups is 1. The van der Waals surface area contributed by atoms with Crippen LogP contribution in [0.4, 0.5) is 10.1 Å². The number of carbonyl (C=O) groups excluding carboxylic acids is 1. The van der Waals surface area contributed by atoms with E-state index in [-0.39, 0.29) is 18.2 Å². The predicted octanol–water partition coefficient (Wildman–Crippen LogP) is 1.59. The van der Waals surface area contributed by atoms with Gasteiger partial charge in [-0.05, 0) is 25.0 Å². The van der Waals surface area contributed by atoms with E-state index in [0.717, 1.165) is 0 Å². The Morgan fingerprint density at radius 1 is 1.53 bits per heavy atom. The zero-order valence-corrected chi connectivity index (χ0v) is 9.61. The summed E-state index contributed by atoms with van der Waals surface area (Å²) in [5.41, 5.74) is 0.720. The molecular weight excluding hydrogens is 225 g/mol. The van der Waals surface area contributed by atoms with Gasteiger partial charge in [-0.25, -0.2) is 4.39 Å². The highest BCUT2D eigenvalue weighted by molar-refractivity contribution is 5.89. The first-order valence-corrected chi connectivity index (χ1v) is 5.40. The van der Waals surface area contributed by atoms with Gasteiger partial charge >= 0.3 is 0 Å². The second-order valence-corrected chi connectivity index (χ2v) is 3.79. The topological polar surface area (TPSA) is 69.6 Å². The molecule has 94 valence electrons. The van der Waals surface area contributed by atoms with E-state index in [4.69, 9.17) is 5.11 Å². The van der Waals surface area contributed by atoms with Crippen LogP contribution in [0.15, 0.2) is 18.2 Å². The van der Waals surface area contributed by atoms with Gasteiger partial charge in [-0.1, -0.05) is 6.07 Å². The van der Waals surface area contributed by atoms with Gasteiger partial charge in [0.25, 0.3) is 0 Å². The first-order chi connectivity index (χ1) is 8.04.